The van der Waals surface area contributed by atoms with Gasteiger partial charge in [0.2, 0.25) is 4.34 Å². The highest BCUT2D eigenvalue weighted by atomic mass is 32.2. The van der Waals surface area contributed by atoms with Gasteiger partial charge in [-0.1, -0.05) is 11.3 Å². The van der Waals surface area contributed by atoms with E-state index in [1.54, 1.807) is 0 Å². The second-order valence-corrected chi connectivity index (χ2v) is 6.17. The Morgan fingerprint density at radius 1 is 1.50 bits per heavy atom. The predicted octanol–water partition coefficient (Wildman–Crippen LogP) is 0.317. The average molecular weight is 292 g/mol. The molecule has 0 aliphatic carbocycles. The van der Waals surface area contributed by atoms with Crippen LogP contribution in [-0.2, 0) is 19.6 Å². The molecule has 0 saturated heterocycles. The summed E-state index contributed by atoms with van der Waals surface area (Å²) in [7, 11) is -3.87. The largest absolute Gasteiger partial charge is 0.466 e. The lowest BCUT2D eigenvalue weighted by Gasteiger charge is -1.99. The number of ketones is 1. The predicted molar refractivity (Wildman–Crippen MR) is 63.7 cm³/mol. The molecule has 100 valence electrons. The molecule has 0 bridgehead atoms. The van der Waals surface area contributed by atoms with Gasteiger partial charge in [-0.05, 0) is 6.42 Å². The van der Waals surface area contributed by atoms with Crippen molar-refractivity contribution in [2.75, 3.05) is 6.61 Å². The van der Waals surface area contributed by atoms with Crippen molar-refractivity contribution in [1.29, 1.82) is 0 Å². The first-order valence-corrected chi connectivity index (χ1v) is 7.32. The van der Waals surface area contributed by atoms with Crippen molar-refractivity contribution in [3.8, 4) is 0 Å². The first-order chi connectivity index (χ1) is 8.30. The number of aromatic nitrogens is 1. The van der Waals surface area contributed by atoms with E-state index in [0.717, 1.165) is 11.3 Å². The van der Waals surface area contributed by atoms with E-state index in [-0.39, 0.29) is 28.0 Å². The Morgan fingerprint density at radius 3 is 2.67 bits per heavy atom. The summed E-state index contributed by atoms with van der Waals surface area (Å²) in [6, 6.07) is 0. The maximum Gasteiger partial charge on any atom is 0.302 e. The number of hydrogen-bond acceptors (Lipinski definition) is 7. The monoisotopic (exact) mass is 292 g/mol. The summed E-state index contributed by atoms with van der Waals surface area (Å²) in [6.07, 6.45) is 1.71. The molecule has 9 heteroatoms. The summed E-state index contributed by atoms with van der Waals surface area (Å²) in [5, 5.41) is 4.88. The zero-order valence-electron chi connectivity index (χ0n) is 9.58. The molecule has 1 aromatic heterocycles. The summed E-state index contributed by atoms with van der Waals surface area (Å²) in [5.41, 5.74) is 0. The number of ether oxygens (including phenoxy) is 1. The lowest BCUT2D eigenvalue weighted by Crippen LogP contribution is -2.11. The van der Waals surface area contributed by atoms with Gasteiger partial charge in [-0.2, -0.15) is 0 Å². The maximum absolute atomic E-state index is 11.6. The zero-order valence-corrected chi connectivity index (χ0v) is 11.2. The van der Waals surface area contributed by atoms with Gasteiger partial charge in [0, 0.05) is 13.3 Å². The maximum atomic E-state index is 11.6. The lowest BCUT2D eigenvalue weighted by molar-refractivity contribution is -0.141. The van der Waals surface area contributed by atoms with Crippen LogP contribution in [0.1, 0.15) is 29.4 Å². The number of nitrogens with two attached hydrogens (primary N) is 1. The molecule has 7 nitrogen and oxygen atoms in total. The van der Waals surface area contributed by atoms with Gasteiger partial charge in [0.15, 0.2) is 5.78 Å². The van der Waals surface area contributed by atoms with Crippen LogP contribution >= 0.6 is 11.3 Å². The minimum Gasteiger partial charge on any atom is -0.466 e. The fourth-order valence-corrected chi connectivity index (χ4v) is 2.64. The minimum absolute atomic E-state index is 0.152. The normalized spacial score (nSPS) is 11.2. The Balaban J connectivity index is 2.52. The number of sulfonamides is 1. The molecule has 2 N–H and O–H groups in total. The van der Waals surface area contributed by atoms with Gasteiger partial charge in [-0.15, -0.1) is 0 Å². The second-order valence-electron chi connectivity index (χ2n) is 3.40. The number of carbonyl (C=O) groups is 2. The Hall–Kier alpha value is -1.32. The number of primary sulfonamides is 1. The lowest BCUT2D eigenvalue weighted by atomic mass is 10.2. The van der Waals surface area contributed by atoms with E-state index in [9.17, 15) is 18.0 Å². The third-order valence-corrected chi connectivity index (χ3v) is 4.23. The van der Waals surface area contributed by atoms with Gasteiger partial charge < -0.3 is 4.74 Å². The van der Waals surface area contributed by atoms with Crippen molar-refractivity contribution >= 4 is 33.1 Å². The molecular weight excluding hydrogens is 280 g/mol. The van der Waals surface area contributed by atoms with Crippen LogP contribution < -0.4 is 5.14 Å². The molecule has 0 aliphatic rings. The number of hydrogen-bond donors (Lipinski definition) is 1. The third-order valence-electron chi connectivity index (χ3n) is 1.86. The Labute approximate surface area is 108 Å². The highest BCUT2D eigenvalue weighted by molar-refractivity contribution is 7.91. The van der Waals surface area contributed by atoms with E-state index < -0.39 is 16.0 Å². The SMILES string of the molecule is CC(=O)OCCCC(=O)c1cnc(S(N)(=O)=O)s1. The molecular formula is C9H12N2O5S2. The van der Waals surface area contributed by atoms with Gasteiger partial charge >= 0.3 is 5.97 Å². The summed E-state index contributed by atoms with van der Waals surface area (Å²) in [4.78, 5) is 25.9. The van der Waals surface area contributed by atoms with Gasteiger partial charge in [0.1, 0.15) is 0 Å². The number of carbonyl (C=O) groups excluding carboxylic acids is 2. The fraction of sp³-hybridized carbons (Fsp3) is 0.444. The van der Waals surface area contributed by atoms with Crippen molar-refractivity contribution in [2.45, 2.75) is 24.1 Å². The third kappa shape index (κ3) is 4.51. The van der Waals surface area contributed by atoms with Crippen LogP contribution in [0.2, 0.25) is 0 Å². The Bertz CT molecular complexity index is 549. The molecule has 0 saturated carbocycles. The van der Waals surface area contributed by atoms with E-state index in [4.69, 9.17) is 5.14 Å². The van der Waals surface area contributed by atoms with Crippen LogP contribution in [0.25, 0.3) is 0 Å². The molecule has 0 spiro atoms. The summed E-state index contributed by atoms with van der Waals surface area (Å²) in [6.45, 7) is 1.44. The summed E-state index contributed by atoms with van der Waals surface area (Å²) < 4.78 is 26.3. The number of nitrogens with zero attached hydrogens (tertiary/aromatic N) is 1. The highest BCUT2D eigenvalue weighted by Gasteiger charge is 2.16. The molecule has 0 unspecified atom stereocenters. The first kappa shape index (κ1) is 14.7. The summed E-state index contributed by atoms with van der Waals surface area (Å²) >= 11 is 0.731. The average Bonchev–Trinajstić information content (AvgIpc) is 2.72. The molecule has 0 radical (unpaired) electrons. The quantitative estimate of drug-likeness (QED) is 0.458. The fourth-order valence-electron chi connectivity index (χ4n) is 1.09. The van der Waals surface area contributed by atoms with Crippen molar-refractivity contribution in [3.63, 3.8) is 0 Å². The molecule has 0 aliphatic heterocycles. The Kier molecular flexibility index (Phi) is 4.93. The standard InChI is InChI=1S/C9H12N2O5S2/c1-6(12)16-4-2-3-7(13)8-5-11-9(17-8)18(10,14)15/h5H,2-4H2,1H3,(H2,10,14,15). The Morgan fingerprint density at radius 2 is 2.17 bits per heavy atom. The second kappa shape index (κ2) is 6.03. The van der Waals surface area contributed by atoms with Crippen LogP contribution in [0.4, 0.5) is 0 Å². The number of Topliss-reactive ketones (excluding diaryl/α,β-unsaturated/α-hetero) is 1. The smallest absolute Gasteiger partial charge is 0.302 e. The first-order valence-electron chi connectivity index (χ1n) is 4.96. The van der Waals surface area contributed by atoms with E-state index in [2.05, 4.69) is 9.72 Å². The van der Waals surface area contributed by atoms with Crippen molar-refractivity contribution in [2.24, 2.45) is 5.14 Å². The molecule has 0 amide bonds. The van der Waals surface area contributed by atoms with Crippen molar-refractivity contribution in [1.82, 2.24) is 4.98 Å². The molecule has 0 aromatic carbocycles. The van der Waals surface area contributed by atoms with Gasteiger partial charge in [-0.25, -0.2) is 18.5 Å². The van der Waals surface area contributed by atoms with Crippen LogP contribution in [-0.4, -0.2) is 31.8 Å². The minimum atomic E-state index is -3.87. The molecule has 18 heavy (non-hydrogen) atoms. The van der Waals surface area contributed by atoms with Gasteiger partial charge in [0.25, 0.3) is 10.0 Å². The number of rotatable bonds is 6. The zero-order chi connectivity index (χ0) is 13.8. The molecule has 0 fully saturated rings. The number of esters is 1. The van der Waals surface area contributed by atoms with Crippen molar-refractivity contribution in [3.05, 3.63) is 11.1 Å². The summed E-state index contributed by atoms with van der Waals surface area (Å²) in [5.74, 6) is -0.661. The number of thiazole rings is 1. The van der Waals surface area contributed by atoms with Crippen molar-refractivity contribution < 1.29 is 22.7 Å². The van der Waals surface area contributed by atoms with Gasteiger partial charge in [0.05, 0.1) is 17.7 Å². The van der Waals surface area contributed by atoms with E-state index in [1.165, 1.54) is 13.1 Å². The topological polar surface area (TPSA) is 116 Å². The molecule has 1 heterocycles. The molecule has 1 aromatic rings. The van der Waals surface area contributed by atoms with E-state index in [1.807, 2.05) is 0 Å². The van der Waals surface area contributed by atoms with E-state index >= 15 is 0 Å². The van der Waals surface area contributed by atoms with Crippen LogP contribution in [0, 0.1) is 0 Å². The van der Waals surface area contributed by atoms with E-state index in [0.29, 0.717) is 6.42 Å². The van der Waals surface area contributed by atoms with Crippen LogP contribution in [0.3, 0.4) is 0 Å². The highest BCUT2D eigenvalue weighted by Crippen LogP contribution is 2.18. The van der Waals surface area contributed by atoms with Crippen LogP contribution in [0.15, 0.2) is 10.5 Å². The molecule has 0 atom stereocenters. The van der Waals surface area contributed by atoms with Gasteiger partial charge in [-0.3, -0.25) is 9.59 Å². The van der Waals surface area contributed by atoms with Crippen LogP contribution in [0.5, 0.6) is 0 Å². The molecule has 1 rings (SSSR count).